The summed E-state index contributed by atoms with van der Waals surface area (Å²) in [5.41, 5.74) is 5.48. The van der Waals surface area contributed by atoms with E-state index in [1.165, 1.54) is 57.8 Å². The van der Waals surface area contributed by atoms with Gasteiger partial charge < -0.3 is 20.9 Å². The number of esters is 1. The van der Waals surface area contributed by atoms with Crippen molar-refractivity contribution >= 4 is 17.8 Å². The number of amides is 1. The number of allylic oxidation sites excluding steroid dienone is 11. The monoisotopic (exact) mass is 753 g/mol. The number of unbranched alkanes of at least 4 members (excludes halogenated alkanes) is 14. The first-order valence-electron chi connectivity index (χ1n) is 21.8. The maximum Gasteiger partial charge on any atom is 0.326 e. The molecule has 2 unspecified atom stereocenters. The number of carboxylic acid groups (broad SMARTS) is 1. The highest BCUT2D eigenvalue weighted by atomic mass is 16.5. The minimum Gasteiger partial charge on any atom is -0.480 e. The third-order valence-corrected chi connectivity index (χ3v) is 9.24. The summed E-state index contributed by atoms with van der Waals surface area (Å²) in [5, 5.41) is 11.9. The predicted molar refractivity (Wildman–Crippen MR) is 229 cm³/mol. The number of carbonyl (C=O) groups excluding carboxylic acids is 2. The molecule has 7 heteroatoms. The van der Waals surface area contributed by atoms with Crippen LogP contribution in [0.2, 0.25) is 0 Å². The highest BCUT2D eigenvalue weighted by Crippen LogP contribution is 2.15. The maximum atomic E-state index is 12.7. The molecule has 0 rings (SSSR count). The molecule has 308 valence electrons. The Morgan fingerprint density at radius 1 is 0.574 bits per heavy atom. The van der Waals surface area contributed by atoms with Gasteiger partial charge in [-0.2, -0.15) is 0 Å². The van der Waals surface area contributed by atoms with Crippen LogP contribution in [0.4, 0.5) is 0 Å². The van der Waals surface area contributed by atoms with Gasteiger partial charge in [-0.15, -0.1) is 0 Å². The molecule has 4 N–H and O–H groups in total. The van der Waals surface area contributed by atoms with Crippen LogP contribution >= 0.6 is 0 Å². The van der Waals surface area contributed by atoms with Gasteiger partial charge in [-0.3, -0.25) is 9.59 Å². The zero-order valence-electron chi connectivity index (χ0n) is 34.5. The summed E-state index contributed by atoms with van der Waals surface area (Å²) in [5.74, 6) is -1.37. The quantitative estimate of drug-likeness (QED) is 0.0328. The van der Waals surface area contributed by atoms with Gasteiger partial charge in [0.25, 0.3) is 0 Å². The van der Waals surface area contributed by atoms with E-state index < -0.39 is 12.0 Å². The van der Waals surface area contributed by atoms with Crippen LogP contribution in [0.1, 0.15) is 187 Å². The van der Waals surface area contributed by atoms with Crippen LogP contribution in [0.5, 0.6) is 0 Å². The van der Waals surface area contributed by atoms with Gasteiger partial charge in [0.2, 0.25) is 5.91 Å². The van der Waals surface area contributed by atoms with E-state index >= 15 is 0 Å². The van der Waals surface area contributed by atoms with Crippen molar-refractivity contribution in [3.63, 3.8) is 0 Å². The molecular weight excluding hydrogens is 673 g/mol. The lowest BCUT2D eigenvalue weighted by Gasteiger charge is -2.15. The average Bonchev–Trinajstić information content (AvgIpc) is 3.16. The van der Waals surface area contributed by atoms with E-state index in [9.17, 15) is 19.5 Å². The molecule has 0 radical (unpaired) electrons. The first-order valence-corrected chi connectivity index (χ1v) is 21.8. The van der Waals surface area contributed by atoms with Crippen LogP contribution in [0.3, 0.4) is 0 Å². The summed E-state index contributed by atoms with van der Waals surface area (Å²) >= 11 is 0. The van der Waals surface area contributed by atoms with E-state index in [1.807, 2.05) is 6.08 Å². The number of hydrogen-bond donors (Lipinski definition) is 3. The van der Waals surface area contributed by atoms with Crippen LogP contribution in [-0.2, 0) is 19.1 Å². The first-order chi connectivity index (χ1) is 26.4. The molecule has 0 aromatic rings. The highest BCUT2D eigenvalue weighted by Gasteiger charge is 2.19. The fourth-order valence-corrected chi connectivity index (χ4v) is 5.98. The molecule has 0 heterocycles. The highest BCUT2D eigenvalue weighted by molar-refractivity contribution is 5.83. The molecule has 0 saturated carbocycles. The molecule has 0 aliphatic carbocycles. The summed E-state index contributed by atoms with van der Waals surface area (Å²) in [6.07, 6.45) is 52.5. The van der Waals surface area contributed by atoms with Gasteiger partial charge in [-0.05, 0) is 109 Å². The van der Waals surface area contributed by atoms with E-state index in [2.05, 4.69) is 86.0 Å². The number of aliphatic carboxylic acids is 1. The second kappa shape index (κ2) is 41.0. The van der Waals surface area contributed by atoms with Gasteiger partial charge in [0.05, 0.1) is 0 Å². The molecule has 7 nitrogen and oxygen atoms in total. The van der Waals surface area contributed by atoms with Crippen molar-refractivity contribution < 1.29 is 24.2 Å². The summed E-state index contributed by atoms with van der Waals surface area (Å²) < 4.78 is 5.90. The molecule has 0 fully saturated rings. The first kappa shape index (κ1) is 50.8. The maximum absolute atomic E-state index is 12.7. The summed E-state index contributed by atoms with van der Waals surface area (Å²) in [7, 11) is 0. The summed E-state index contributed by atoms with van der Waals surface area (Å²) in [6, 6.07) is -0.878. The molecular formula is C47H80N2O5. The Balaban J connectivity index is 4.24. The number of nitrogens with one attached hydrogen (secondary N) is 1. The predicted octanol–water partition coefficient (Wildman–Crippen LogP) is 12.3. The Hall–Kier alpha value is -3.19. The lowest BCUT2D eigenvalue weighted by atomic mass is 10.1. The number of carboxylic acids is 1. The largest absolute Gasteiger partial charge is 0.480 e. The van der Waals surface area contributed by atoms with E-state index in [1.54, 1.807) is 0 Å². The molecule has 0 saturated heterocycles. The number of nitrogens with two attached hydrogens (primary N) is 1. The molecule has 1 amide bonds. The lowest BCUT2D eigenvalue weighted by molar-refractivity contribution is -0.147. The Morgan fingerprint density at radius 3 is 1.65 bits per heavy atom. The van der Waals surface area contributed by atoms with Gasteiger partial charge in [-0.25, -0.2) is 4.79 Å². The topological polar surface area (TPSA) is 119 Å². The van der Waals surface area contributed by atoms with Crippen LogP contribution in [-0.4, -0.2) is 41.6 Å². The fraction of sp³-hybridized carbons (Fsp3) is 0.681. The molecule has 2 atom stereocenters. The standard InChI is InChI=1S/C47H80N2O5/c1-3-5-7-9-11-13-14-15-16-17-18-19-20-21-22-23-24-25-27-29-35-41-46(51)54-43(37-32-28-26-12-10-8-6-4-2)38-33-30-31-34-40-45(50)49-44(47(52)53)39-36-42-48/h5,7,11-13,15-16,18-19,26,32,37,43-44H,3-4,6,8-10,14,17,20-25,27-31,33-36,38-42,48H2,1-2H3,(H,49,50)(H,52,53)/b7-5-,13-11-,16-15-,19-18-,26-12-,37-32-. The Bertz CT molecular complexity index is 1070. The molecule has 54 heavy (non-hydrogen) atoms. The minimum atomic E-state index is -1.02. The average molecular weight is 753 g/mol. The van der Waals surface area contributed by atoms with Crippen molar-refractivity contribution in [1.29, 1.82) is 0 Å². The van der Waals surface area contributed by atoms with Crippen LogP contribution in [0, 0.1) is 0 Å². The van der Waals surface area contributed by atoms with Crippen molar-refractivity contribution in [2.24, 2.45) is 5.73 Å². The number of hydrogen-bond acceptors (Lipinski definition) is 5. The third kappa shape index (κ3) is 37.1. The molecule has 0 aliphatic heterocycles. The zero-order valence-corrected chi connectivity index (χ0v) is 34.5. The second-order valence-corrected chi connectivity index (χ2v) is 14.4. The Kier molecular flexibility index (Phi) is 38.6. The second-order valence-electron chi connectivity index (χ2n) is 14.4. The van der Waals surface area contributed by atoms with E-state index in [0.717, 1.165) is 83.5 Å². The fourth-order valence-electron chi connectivity index (χ4n) is 5.98. The van der Waals surface area contributed by atoms with Gasteiger partial charge in [0.15, 0.2) is 0 Å². The van der Waals surface area contributed by atoms with Crippen molar-refractivity contribution in [3.8, 4) is 0 Å². The van der Waals surface area contributed by atoms with E-state index in [0.29, 0.717) is 38.6 Å². The molecule has 0 aromatic carbocycles. The van der Waals surface area contributed by atoms with Crippen molar-refractivity contribution in [2.45, 2.75) is 199 Å². The molecule has 0 bridgehead atoms. The van der Waals surface area contributed by atoms with E-state index in [4.69, 9.17) is 10.5 Å². The van der Waals surface area contributed by atoms with Crippen LogP contribution in [0.15, 0.2) is 72.9 Å². The van der Waals surface area contributed by atoms with Gasteiger partial charge >= 0.3 is 11.9 Å². The van der Waals surface area contributed by atoms with Gasteiger partial charge in [0.1, 0.15) is 12.1 Å². The number of carbonyl (C=O) groups is 3. The minimum absolute atomic E-state index is 0.116. The summed E-state index contributed by atoms with van der Waals surface area (Å²) in [6.45, 7) is 4.77. The molecule has 0 aromatic heterocycles. The normalized spacial score (nSPS) is 13.4. The van der Waals surface area contributed by atoms with Gasteiger partial charge in [-0.1, -0.05) is 145 Å². The van der Waals surface area contributed by atoms with E-state index in [-0.39, 0.29) is 18.0 Å². The smallest absolute Gasteiger partial charge is 0.326 e. The zero-order chi connectivity index (χ0) is 39.6. The summed E-state index contributed by atoms with van der Waals surface area (Å²) in [4.78, 5) is 36.3. The van der Waals surface area contributed by atoms with Crippen molar-refractivity contribution in [2.75, 3.05) is 6.54 Å². The van der Waals surface area contributed by atoms with Crippen LogP contribution < -0.4 is 11.1 Å². The molecule has 0 aliphatic rings. The number of rotatable bonds is 38. The van der Waals surface area contributed by atoms with Crippen molar-refractivity contribution in [3.05, 3.63) is 72.9 Å². The van der Waals surface area contributed by atoms with Crippen molar-refractivity contribution in [1.82, 2.24) is 5.32 Å². The van der Waals surface area contributed by atoms with Crippen LogP contribution in [0.25, 0.3) is 0 Å². The number of ether oxygens (including phenoxy) is 1. The Labute approximate surface area is 331 Å². The SMILES string of the molecule is CC/C=C\C/C=C\C/C=C\C/C=C\CCCCCCCCCCC(=O)OC(/C=C\C/C=C\CCCCC)CCCCCCC(=O)NC(CCCN)C(=O)O. The lowest BCUT2D eigenvalue weighted by Crippen LogP contribution is -2.40. The Morgan fingerprint density at radius 2 is 1.07 bits per heavy atom. The third-order valence-electron chi connectivity index (χ3n) is 9.24. The molecule has 0 spiro atoms. The van der Waals surface area contributed by atoms with Gasteiger partial charge in [0, 0.05) is 12.8 Å².